The third-order valence-electron chi connectivity index (χ3n) is 3.96. The van der Waals surface area contributed by atoms with Crippen molar-refractivity contribution in [2.75, 3.05) is 5.32 Å². The molecule has 3 heterocycles. The van der Waals surface area contributed by atoms with Crippen molar-refractivity contribution in [1.82, 2.24) is 20.2 Å². The number of H-pyrrole nitrogens is 1. The fraction of sp³-hybridized carbons (Fsp3) is 0.267. The van der Waals surface area contributed by atoms with Gasteiger partial charge in [-0.05, 0) is 31.9 Å². The Morgan fingerprint density at radius 2 is 2.15 bits per heavy atom. The van der Waals surface area contributed by atoms with Crippen LogP contribution in [0.25, 0.3) is 10.7 Å². The van der Waals surface area contributed by atoms with Crippen LogP contribution >= 0.6 is 22.9 Å². The lowest BCUT2D eigenvalue weighted by Crippen LogP contribution is -2.09. The summed E-state index contributed by atoms with van der Waals surface area (Å²) in [5, 5.41) is 15.9. The summed E-state index contributed by atoms with van der Waals surface area (Å²) in [6.45, 7) is 1.76. The van der Waals surface area contributed by atoms with Gasteiger partial charge < -0.3 is 5.32 Å². The van der Waals surface area contributed by atoms with Gasteiger partial charge in [0.25, 0.3) is 0 Å². The second kappa shape index (κ2) is 6.31. The SMILES string of the molecule is Cc1nc(-c2ccc(S(N)(=O)=O)s2)nc(Nc2cc(C3CC3)[nH]n2)c1Cl.[HH].[HH].[HH]. The summed E-state index contributed by atoms with van der Waals surface area (Å²) in [5.74, 6) is 1.95. The summed E-state index contributed by atoms with van der Waals surface area (Å²) in [6.07, 6.45) is 2.34. The van der Waals surface area contributed by atoms with Crippen molar-refractivity contribution in [3.8, 4) is 10.7 Å². The number of sulfonamides is 1. The lowest BCUT2D eigenvalue weighted by atomic mass is 10.3. The summed E-state index contributed by atoms with van der Waals surface area (Å²) >= 11 is 7.33. The normalized spacial score (nSPS) is 14.6. The Labute approximate surface area is 163 Å². The Morgan fingerprint density at radius 3 is 2.81 bits per heavy atom. The van der Waals surface area contributed by atoms with Crippen molar-refractivity contribution in [2.45, 2.75) is 29.9 Å². The molecule has 1 fully saturated rings. The molecular weight excluding hydrogens is 396 g/mol. The van der Waals surface area contributed by atoms with E-state index in [0.717, 1.165) is 17.0 Å². The van der Waals surface area contributed by atoms with Crippen molar-refractivity contribution in [1.29, 1.82) is 0 Å². The molecule has 11 heteroatoms. The topological polar surface area (TPSA) is 127 Å². The summed E-state index contributed by atoms with van der Waals surface area (Å²) in [6, 6.07) is 5.00. The monoisotopic (exact) mass is 416 g/mol. The Bertz CT molecular complexity index is 1100. The zero-order valence-corrected chi connectivity index (χ0v) is 16.0. The van der Waals surface area contributed by atoms with Crippen LogP contribution in [-0.4, -0.2) is 28.6 Å². The Balaban J connectivity index is 0.00000140. The number of hydrogen-bond donors (Lipinski definition) is 3. The Morgan fingerprint density at radius 1 is 1.38 bits per heavy atom. The van der Waals surface area contributed by atoms with Gasteiger partial charge in [0.05, 0.1) is 10.6 Å². The molecule has 0 amide bonds. The second-order valence-electron chi connectivity index (χ2n) is 6.07. The van der Waals surface area contributed by atoms with Crippen molar-refractivity contribution >= 4 is 44.6 Å². The van der Waals surface area contributed by atoms with E-state index in [-0.39, 0.29) is 8.49 Å². The fourth-order valence-electron chi connectivity index (χ4n) is 2.47. The molecule has 0 aliphatic heterocycles. The van der Waals surface area contributed by atoms with E-state index in [1.807, 2.05) is 6.07 Å². The van der Waals surface area contributed by atoms with Crippen LogP contribution in [0.15, 0.2) is 22.4 Å². The molecule has 1 saturated carbocycles. The average Bonchev–Trinajstić information content (AvgIpc) is 3.10. The molecule has 0 unspecified atom stereocenters. The van der Waals surface area contributed by atoms with Crippen molar-refractivity contribution < 1.29 is 12.7 Å². The minimum Gasteiger partial charge on any atom is -0.322 e. The van der Waals surface area contributed by atoms with Crippen LogP contribution in [0.5, 0.6) is 0 Å². The van der Waals surface area contributed by atoms with Gasteiger partial charge in [0.2, 0.25) is 10.0 Å². The number of aromatic amines is 1. The maximum atomic E-state index is 11.5. The van der Waals surface area contributed by atoms with Crippen molar-refractivity contribution in [2.24, 2.45) is 5.14 Å². The van der Waals surface area contributed by atoms with Gasteiger partial charge in [0.15, 0.2) is 17.5 Å². The highest BCUT2D eigenvalue weighted by atomic mass is 35.5. The second-order valence-corrected chi connectivity index (χ2v) is 9.32. The van der Waals surface area contributed by atoms with Crippen LogP contribution in [-0.2, 0) is 10.0 Å². The predicted molar refractivity (Wildman–Crippen MR) is 107 cm³/mol. The van der Waals surface area contributed by atoms with Crippen LogP contribution in [0, 0.1) is 6.92 Å². The van der Waals surface area contributed by atoms with Crippen LogP contribution in [0.2, 0.25) is 5.02 Å². The van der Waals surface area contributed by atoms with Crippen LogP contribution < -0.4 is 10.5 Å². The van der Waals surface area contributed by atoms with E-state index in [4.69, 9.17) is 16.7 Å². The molecule has 0 atom stereocenters. The number of nitrogens with one attached hydrogen (secondary N) is 2. The van der Waals surface area contributed by atoms with Gasteiger partial charge in [-0.1, -0.05) is 11.6 Å². The molecule has 3 aromatic rings. The van der Waals surface area contributed by atoms with E-state index in [9.17, 15) is 8.42 Å². The molecule has 0 aromatic carbocycles. The first-order chi connectivity index (χ1) is 12.3. The Hall–Kier alpha value is -2.01. The zero-order chi connectivity index (χ0) is 18.5. The number of anilines is 2. The number of halogens is 1. The van der Waals surface area contributed by atoms with Gasteiger partial charge in [-0.15, -0.1) is 11.3 Å². The number of thiophene rings is 1. The molecule has 26 heavy (non-hydrogen) atoms. The van der Waals surface area contributed by atoms with Crippen molar-refractivity contribution in [3.05, 3.63) is 34.6 Å². The molecular formula is C15H21ClN6O2S2. The minimum atomic E-state index is -3.76. The fourth-order valence-corrected chi connectivity index (χ4v) is 4.27. The van der Waals surface area contributed by atoms with E-state index in [0.29, 0.717) is 39.0 Å². The van der Waals surface area contributed by atoms with Gasteiger partial charge in [-0.25, -0.2) is 23.5 Å². The summed E-state index contributed by atoms with van der Waals surface area (Å²) < 4.78 is 23.0. The highest BCUT2D eigenvalue weighted by Crippen LogP contribution is 2.40. The Kier molecular flexibility index (Phi) is 4.22. The van der Waals surface area contributed by atoms with Crippen LogP contribution in [0.3, 0.4) is 0 Å². The number of nitrogens with zero attached hydrogens (tertiary/aromatic N) is 3. The lowest BCUT2D eigenvalue weighted by molar-refractivity contribution is 0.600. The summed E-state index contributed by atoms with van der Waals surface area (Å²) in [4.78, 5) is 9.36. The maximum Gasteiger partial charge on any atom is 0.247 e. The first-order valence-electron chi connectivity index (χ1n) is 7.81. The van der Waals surface area contributed by atoms with Crippen molar-refractivity contribution in [3.63, 3.8) is 0 Å². The number of primary sulfonamides is 1. The molecule has 1 aliphatic rings. The largest absolute Gasteiger partial charge is 0.322 e. The number of hydrogen-bond acceptors (Lipinski definition) is 7. The predicted octanol–water partition coefficient (Wildman–Crippen LogP) is 3.90. The lowest BCUT2D eigenvalue weighted by Gasteiger charge is -2.08. The van der Waals surface area contributed by atoms with E-state index < -0.39 is 10.0 Å². The quantitative estimate of drug-likeness (QED) is 0.578. The number of rotatable bonds is 5. The first-order valence-corrected chi connectivity index (χ1v) is 10.5. The molecule has 0 saturated heterocycles. The van der Waals surface area contributed by atoms with Gasteiger partial charge in [-0.3, -0.25) is 5.10 Å². The molecule has 142 valence electrons. The molecule has 0 spiro atoms. The third kappa shape index (κ3) is 3.45. The maximum absolute atomic E-state index is 11.5. The molecule has 0 bridgehead atoms. The van der Waals surface area contributed by atoms with Crippen LogP contribution in [0.1, 0.15) is 34.4 Å². The smallest absolute Gasteiger partial charge is 0.247 e. The van der Waals surface area contributed by atoms with Gasteiger partial charge in [0.1, 0.15) is 9.23 Å². The molecule has 4 rings (SSSR count). The third-order valence-corrected chi connectivity index (χ3v) is 6.93. The minimum absolute atomic E-state index is 0. The van der Waals surface area contributed by atoms with E-state index in [1.54, 1.807) is 13.0 Å². The molecule has 3 aromatic heterocycles. The molecule has 8 nitrogen and oxygen atoms in total. The van der Waals surface area contributed by atoms with Gasteiger partial charge in [0, 0.05) is 22.0 Å². The average molecular weight is 417 g/mol. The van der Waals surface area contributed by atoms with E-state index in [1.165, 1.54) is 18.9 Å². The molecule has 4 N–H and O–H groups in total. The van der Waals surface area contributed by atoms with E-state index >= 15 is 0 Å². The summed E-state index contributed by atoms with van der Waals surface area (Å²) in [7, 11) is -3.76. The van der Waals surface area contributed by atoms with Crippen LogP contribution in [0.4, 0.5) is 11.6 Å². The van der Waals surface area contributed by atoms with Gasteiger partial charge in [-0.2, -0.15) is 5.10 Å². The number of nitrogens with two attached hydrogens (primary N) is 1. The van der Waals surface area contributed by atoms with Gasteiger partial charge >= 0.3 is 0 Å². The molecule has 1 aliphatic carbocycles. The number of aryl methyl sites for hydroxylation is 1. The summed E-state index contributed by atoms with van der Waals surface area (Å²) in [5.41, 5.74) is 1.66. The highest BCUT2D eigenvalue weighted by molar-refractivity contribution is 7.91. The standard InChI is InChI=1S/C15H15ClN6O2S2.3H2/c1-7-13(16)15(19-11-6-9(21-22-11)8-2-3-8)20-14(18-7)10-4-5-12(25-10)26(17,23)24;;;/h4-6,8H,2-3H2,1H3,(H2,17,23,24)(H2,18,19,20,21,22);3*1H. The molecule has 0 radical (unpaired) electrons. The number of aromatic nitrogens is 4. The van der Waals surface area contributed by atoms with E-state index in [2.05, 4.69) is 25.5 Å². The zero-order valence-electron chi connectivity index (χ0n) is 13.7. The highest BCUT2D eigenvalue weighted by Gasteiger charge is 2.25. The first kappa shape index (κ1) is 17.4.